The van der Waals surface area contributed by atoms with E-state index in [1.807, 2.05) is 26.0 Å². The van der Waals surface area contributed by atoms with E-state index >= 15 is 0 Å². The first kappa shape index (κ1) is 16.8. The topological polar surface area (TPSA) is 68.5 Å². The number of nitrogens with one attached hydrogen (secondary N) is 1. The highest BCUT2D eigenvalue weighted by Gasteiger charge is 2.10. The number of benzene rings is 2. The second kappa shape index (κ2) is 6.81. The van der Waals surface area contributed by atoms with Crippen molar-refractivity contribution < 1.29 is 13.9 Å². The van der Waals surface area contributed by atoms with Crippen LogP contribution in [0.2, 0.25) is 0 Å². The van der Waals surface area contributed by atoms with Crippen LogP contribution in [-0.2, 0) is 11.4 Å². The first-order valence-electron chi connectivity index (χ1n) is 7.97. The molecule has 5 nitrogen and oxygen atoms in total. The van der Waals surface area contributed by atoms with Gasteiger partial charge in [0.05, 0.1) is 0 Å². The van der Waals surface area contributed by atoms with Crippen molar-refractivity contribution in [1.82, 2.24) is 0 Å². The summed E-state index contributed by atoms with van der Waals surface area (Å²) in [4.78, 5) is 22.9. The maximum Gasteiger partial charge on any atom is 0.336 e. The van der Waals surface area contributed by atoms with Crippen LogP contribution in [0.5, 0.6) is 5.75 Å². The van der Waals surface area contributed by atoms with Crippen LogP contribution < -0.4 is 15.7 Å². The fraction of sp³-hybridized carbons (Fsp3) is 0.200. The molecule has 2 aromatic carbocycles. The minimum atomic E-state index is -0.388. The van der Waals surface area contributed by atoms with Gasteiger partial charge >= 0.3 is 5.63 Å². The van der Waals surface area contributed by atoms with Crippen molar-refractivity contribution in [2.24, 2.45) is 0 Å². The number of aryl methyl sites for hydroxylation is 2. The number of rotatable bonds is 4. The molecule has 0 aliphatic carbocycles. The molecule has 0 saturated carbocycles. The van der Waals surface area contributed by atoms with Gasteiger partial charge in [-0.05, 0) is 49.2 Å². The van der Waals surface area contributed by atoms with Crippen molar-refractivity contribution in [2.45, 2.75) is 27.4 Å². The third kappa shape index (κ3) is 3.71. The Morgan fingerprint density at radius 3 is 2.52 bits per heavy atom. The zero-order valence-electron chi connectivity index (χ0n) is 14.4. The van der Waals surface area contributed by atoms with E-state index < -0.39 is 0 Å². The Kier molecular flexibility index (Phi) is 4.57. The van der Waals surface area contributed by atoms with Crippen molar-refractivity contribution >= 4 is 22.6 Å². The van der Waals surface area contributed by atoms with Crippen LogP contribution >= 0.6 is 0 Å². The lowest BCUT2D eigenvalue weighted by Gasteiger charge is -2.11. The summed E-state index contributed by atoms with van der Waals surface area (Å²) in [6.45, 7) is 5.63. The molecule has 0 spiro atoms. The first-order chi connectivity index (χ1) is 11.9. The Balaban J connectivity index is 1.85. The molecule has 3 aromatic rings. The highest BCUT2D eigenvalue weighted by atomic mass is 16.5. The normalized spacial score (nSPS) is 10.7. The number of fused-ring (bicyclic) bond motifs is 1. The zero-order chi connectivity index (χ0) is 18.0. The number of amides is 1. The van der Waals surface area contributed by atoms with E-state index in [-0.39, 0.29) is 18.1 Å². The second-order valence-corrected chi connectivity index (χ2v) is 5.97. The molecule has 1 aromatic heterocycles. The average Bonchev–Trinajstić information content (AvgIpc) is 2.57. The molecule has 3 rings (SSSR count). The summed E-state index contributed by atoms with van der Waals surface area (Å²) in [6.07, 6.45) is 0. The minimum Gasteiger partial charge on any atom is -0.489 e. The van der Waals surface area contributed by atoms with E-state index in [2.05, 4.69) is 5.32 Å². The molecular formula is C20H19NO4. The summed E-state index contributed by atoms with van der Waals surface area (Å²) in [5.41, 5.74) is 3.73. The van der Waals surface area contributed by atoms with E-state index in [1.54, 1.807) is 24.3 Å². The summed E-state index contributed by atoms with van der Waals surface area (Å²) in [6, 6.07) is 12.5. The summed E-state index contributed by atoms with van der Waals surface area (Å²) in [5, 5.41) is 3.57. The van der Waals surface area contributed by atoms with Crippen LogP contribution in [-0.4, -0.2) is 5.91 Å². The quantitative estimate of drug-likeness (QED) is 0.732. The SMILES string of the molecule is CC(=O)Nc1ccc(OCc2cc(=O)oc3c(C)c(C)ccc23)cc1. The van der Waals surface area contributed by atoms with Crippen LogP contribution in [0.1, 0.15) is 23.6 Å². The Hall–Kier alpha value is -3.08. The Bertz CT molecular complexity index is 987. The van der Waals surface area contributed by atoms with Gasteiger partial charge in [-0.2, -0.15) is 0 Å². The lowest BCUT2D eigenvalue weighted by Crippen LogP contribution is -2.06. The molecule has 5 heteroatoms. The largest absolute Gasteiger partial charge is 0.489 e. The minimum absolute atomic E-state index is 0.123. The third-order valence-electron chi connectivity index (χ3n) is 4.09. The molecule has 1 amide bonds. The van der Waals surface area contributed by atoms with Gasteiger partial charge in [0.25, 0.3) is 0 Å². The molecule has 1 N–H and O–H groups in total. The number of anilines is 1. The molecule has 1 heterocycles. The molecule has 0 saturated heterocycles. The van der Waals surface area contributed by atoms with Crippen LogP contribution in [0.4, 0.5) is 5.69 Å². The second-order valence-electron chi connectivity index (χ2n) is 5.97. The first-order valence-corrected chi connectivity index (χ1v) is 7.97. The van der Waals surface area contributed by atoms with Crippen LogP contribution in [0.3, 0.4) is 0 Å². The Morgan fingerprint density at radius 2 is 1.84 bits per heavy atom. The fourth-order valence-electron chi connectivity index (χ4n) is 2.64. The number of hydrogen-bond donors (Lipinski definition) is 1. The third-order valence-corrected chi connectivity index (χ3v) is 4.09. The van der Waals surface area contributed by atoms with Gasteiger partial charge in [0.15, 0.2) is 0 Å². The Morgan fingerprint density at radius 1 is 1.12 bits per heavy atom. The van der Waals surface area contributed by atoms with Crippen molar-refractivity contribution in [3.63, 3.8) is 0 Å². The summed E-state index contributed by atoms with van der Waals surface area (Å²) in [5.74, 6) is 0.529. The molecule has 0 radical (unpaired) electrons. The number of hydrogen-bond acceptors (Lipinski definition) is 4. The number of carbonyl (C=O) groups excluding carboxylic acids is 1. The Labute approximate surface area is 145 Å². The van der Waals surface area contributed by atoms with Gasteiger partial charge < -0.3 is 14.5 Å². The maximum atomic E-state index is 11.9. The van der Waals surface area contributed by atoms with Gasteiger partial charge in [0, 0.05) is 29.6 Å². The average molecular weight is 337 g/mol. The van der Waals surface area contributed by atoms with E-state index in [9.17, 15) is 9.59 Å². The van der Waals surface area contributed by atoms with E-state index in [4.69, 9.17) is 9.15 Å². The lowest BCUT2D eigenvalue weighted by molar-refractivity contribution is -0.114. The predicted octanol–water partition coefficient (Wildman–Crippen LogP) is 3.95. The summed E-state index contributed by atoms with van der Waals surface area (Å²) in [7, 11) is 0. The van der Waals surface area contributed by atoms with Gasteiger partial charge in [-0.1, -0.05) is 12.1 Å². The fourth-order valence-corrected chi connectivity index (χ4v) is 2.64. The molecule has 0 atom stereocenters. The highest BCUT2D eigenvalue weighted by Crippen LogP contribution is 2.24. The van der Waals surface area contributed by atoms with Crippen LogP contribution in [0.15, 0.2) is 51.7 Å². The predicted molar refractivity (Wildman–Crippen MR) is 97.0 cm³/mol. The molecule has 0 bridgehead atoms. The van der Waals surface area contributed by atoms with Crippen molar-refractivity contribution in [3.05, 3.63) is 69.6 Å². The number of ether oxygens (including phenoxy) is 1. The monoisotopic (exact) mass is 337 g/mol. The molecule has 0 aliphatic heterocycles. The number of carbonyl (C=O) groups is 1. The van der Waals surface area contributed by atoms with Gasteiger partial charge in [-0.25, -0.2) is 4.79 Å². The van der Waals surface area contributed by atoms with Crippen molar-refractivity contribution in [2.75, 3.05) is 5.32 Å². The van der Waals surface area contributed by atoms with Gasteiger partial charge in [-0.3, -0.25) is 4.79 Å². The van der Waals surface area contributed by atoms with E-state index in [1.165, 1.54) is 13.0 Å². The van der Waals surface area contributed by atoms with Crippen molar-refractivity contribution in [1.29, 1.82) is 0 Å². The maximum absolute atomic E-state index is 11.9. The zero-order valence-corrected chi connectivity index (χ0v) is 14.4. The lowest BCUT2D eigenvalue weighted by atomic mass is 10.0. The van der Waals surface area contributed by atoms with Gasteiger partial charge in [-0.15, -0.1) is 0 Å². The van der Waals surface area contributed by atoms with Crippen LogP contribution in [0.25, 0.3) is 11.0 Å². The molecule has 25 heavy (non-hydrogen) atoms. The van der Waals surface area contributed by atoms with E-state index in [0.717, 1.165) is 22.1 Å². The van der Waals surface area contributed by atoms with Gasteiger partial charge in [0.2, 0.25) is 5.91 Å². The van der Waals surface area contributed by atoms with E-state index in [0.29, 0.717) is 17.0 Å². The summed E-state index contributed by atoms with van der Waals surface area (Å²) < 4.78 is 11.2. The van der Waals surface area contributed by atoms with Crippen molar-refractivity contribution in [3.8, 4) is 5.75 Å². The molecule has 0 unspecified atom stereocenters. The smallest absolute Gasteiger partial charge is 0.336 e. The highest BCUT2D eigenvalue weighted by molar-refractivity contribution is 5.88. The summed E-state index contributed by atoms with van der Waals surface area (Å²) >= 11 is 0. The van der Waals surface area contributed by atoms with Crippen LogP contribution in [0, 0.1) is 13.8 Å². The molecule has 0 aliphatic rings. The standard InChI is InChI=1S/C20H19NO4/c1-12-4-9-18-15(10-19(23)25-20(18)13(12)2)11-24-17-7-5-16(6-8-17)21-14(3)22/h4-10H,11H2,1-3H3,(H,21,22). The molecule has 0 fully saturated rings. The molecular weight excluding hydrogens is 318 g/mol. The van der Waals surface area contributed by atoms with Gasteiger partial charge in [0.1, 0.15) is 17.9 Å². The molecule has 128 valence electrons.